The van der Waals surface area contributed by atoms with Gasteiger partial charge in [0.05, 0.1) is 44.1 Å². The van der Waals surface area contributed by atoms with E-state index in [1.807, 2.05) is 12.1 Å². The Balaban J connectivity index is 1.35. The van der Waals surface area contributed by atoms with Gasteiger partial charge in [0.15, 0.2) is 5.75 Å². The molecule has 0 bridgehead atoms. The molecule has 1 saturated heterocycles. The van der Waals surface area contributed by atoms with Gasteiger partial charge in [-0.05, 0) is 43.2 Å². The van der Waals surface area contributed by atoms with Crippen LogP contribution in [0.1, 0.15) is 23.2 Å². The molecule has 8 nitrogen and oxygen atoms in total. The lowest BCUT2D eigenvalue weighted by molar-refractivity contribution is -0.0388. The van der Waals surface area contributed by atoms with E-state index in [9.17, 15) is 4.79 Å². The van der Waals surface area contributed by atoms with Crippen LogP contribution in [0.5, 0.6) is 17.2 Å². The van der Waals surface area contributed by atoms with Gasteiger partial charge < -0.3 is 28.1 Å². The fourth-order valence-electron chi connectivity index (χ4n) is 3.25. The van der Waals surface area contributed by atoms with Crippen molar-refractivity contribution in [1.82, 2.24) is 9.38 Å². The maximum Gasteiger partial charge on any atom is 0.341 e. The zero-order valence-corrected chi connectivity index (χ0v) is 16.8. The monoisotopic (exact) mass is 412 g/mol. The van der Waals surface area contributed by atoms with E-state index < -0.39 is 5.97 Å². The van der Waals surface area contributed by atoms with Gasteiger partial charge in [-0.1, -0.05) is 0 Å². The highest BCUT2D eigenvalue weighted by Crippen LogP contribution is 2.28. The normalized spacial score (nSPS) is 14.6. The minimum absolute atomic E-state index is 0.259. The topological polar surface area (TPSA) is 80.5 Å². The van der Waals surface area contributed by atoms with E-state index >= 15 is 0 Å². The fourth-order valence-corrected chi connectivity index (χ4v) is 3.25. The van der Waals surface area contributed by atoms with E-state index in [0.717, 1.165) is 37.3 Å². The molecule has 4 rings (SSSR count). The number of esters is 1. The van der Waals surface area contributed by atoms with Crippen LogP contribution < -0.4 is 9.47 Å². The van der Waals surface area contributed by atoms with Gasteiger partial charge in [-0.2, -0.15) is 0 Å². The molecule has 1 fully saturated rings. The quantitative estimate of drug-likeness (QED) is 0.414. The van der Waals surface area contributed by atoms with Crippen molar-refractivity contribution in [2.45, 2.75) is 18.9 Å². The van der Waals surface area contributed by atoms with Crippen LogP contribution in [0.2, 0.25) is 0 Å². The minimum Gasteiger partial charge on any atom is -0.491 e. The lowest BCUT2D eigenvalue weighted by Crippen LogP contribution is -2.25. The van der Waals surface area contributed by atoms with Gasteiger partial charge in [0.2, 0.25) is 0 Å². The van der Waals surface area contributed by atoms with Crippen LogP contribution >= 0.6 is 0 Å². The zero-order valence-electron chi connectivity index (χ0n) is 16.8. The molecule has 1 aliphatic rings. The summed E-state index contributed by atoms with van der Waals surface area (Å²) in [6, 6.07) is 8.89. The summed E-state index contributed by atoms with van der Waals surface area (Å²) < 4.78 is 29.4. The molecule has 2 aromatic heterocycles. The first-order chi connectivity index (χ1) is 14.7. The van der Waals surface area contributed by atoms with E-state index in [1.165, 1.54) is 7.11 Å². The smallest absolute Gasteiger partial charge is 0.341 e. The summed E-state index contributed by atoms with van der Waals surface area (Å²) in [5, 5.41) is 0. The highest BCUT2D eigenvalue weighted by Gasteiger charge is 2.16. The Morgan fingerprint density at radius 1 is 1.17 bits per heavy atom. The van der Waals surface area contributed by atoms with Crippen molar-refractivity contribution in [3.8, 4) is 17.2 Å². The summed E-state index contributed by atoms with van der Waals surface area (Å²) in [7, 11) is 1.34. The molecular formula is C22H24N2O6. The molecule has 0 aliphatic carbocycles. The lowest BCUT2D eigenvalue weighted by atomic mass is 10.2. The first kappa shape index (κ1) is 20.2. The summed E-state index contributed by atoms with van der Waals surface area (Å²) in [5.74, 6) is 1.20. The molecule has 0 unspecified atom stereocenters. The highest BCUT2D eigenvalue weighted by atomic mass is 16.5. The van der Waals surface area contributed by atoms with E-state index in [4.69, 9.17) is 23.7 Å². The number of imidazole rings is 1. The van der Waals surface area contributed by atoms with Gasteiger partial charge in [0, 0.05) is 13.2 Å². The number of carbonyl (C=O) groups excluding carboxylic acids is 1. The van der Waals surface area contributed by atoms with Crippen molar-refractivity contribution in [3.63, 3.8) is 0 Å². The fraction of sp³-hybridized carbons (Fsp3) is 0.364. The number of methoxy groups -OCH3 is 1. The van der Waals surface area contributed by atoms with Crippen molar-refractivity contribution < 1.29 is 28.5 Å². The van der Waals surface area contributed by atoms with Crippen LogP contribution in [0.3, 0.4) is 0 Å². The van der Waals surface area contributed by atoms with Crippen LogP contribution in [-0.4, -0.2) is 55.0 Å². The van der Waals surface area contributed by atoms with Gasteiger partial charge >= 0.3 is 5.97 Å². The molecule has 3 aromatic rings. The molecule has 1 aromatic carbocycles. The second kappa shape index (κ2) is 9.60. The lowest BCUT2D eigenvalue weighted by Gasteiger charge is -2.22. The van der Waals surface area contributed by atoms with Gasteiger partial charge in [-0.25, -0.2) is 9.78 Å². The number of hydrogen-bond donors (Lipinski definition) is 0. The molecule has 0 spiro atoms. The summed E-state index contributed by atoms with van der Waals surface area (Å²) in [4.78, 5) is 16.2. The minimum atomic E-state index is -0.474. The first-order valence-corrected chi connectivity index (χ1v) is 9.87. The Labute approximate surface area is 174 Å². The number of benzene rings is 1. The third-order valence-corrected chi connectivity index (χ3v) is 4.84. The molecule has 0 saturated carbocycles. The maximum absolute atomic E-state index is 12.1. The van der Waals surface area contributed by atoms with Crippen molar-refractivity contribution >= 4 is 11.5 Å². The average Bonchev–Trinajstić information content (AvgIpc) is 3.25. The number of fused-ring (bicyclic) bond motifs is 1. The summed E-state index contributed by atoms with van der Waals surface area (Å²) in [6.07, 6.45) is 7.13. The number of hydrogen-bond acceptors (Lipinski definition) is 7. The molecule has 30 heavy (non-hydrogen) atoms. The Bertz CT molecular complexity index is 979. The SMILES string of the molecule is COC(=O)c1cc2cncn2cc1Oc1ccc(OCCOC2CCOCC2)cc1. The largest absolute Gasteiger partial charge is 0.491 e. The summed E-state index contributed by atoms with van der Waals surface area (Å²) in [6.45, 7) is 2.54. The number of carbonyl (C=O) groups is 1. The van der Waals surface area contributed by atoms with Gasteiger partial charge in [-0.3, -0.25) is 0 Å². The molecule has 8 heteroatoms. The van der Waals surface area contributed by atoms with E-state index in [2.05, 4.69) is 4.98 Å². The van der Waals surface area contributed by atoms with E-state index in [1.54, 1.807) is 41.3 Å². The van der Waals surface area contributed by atoms with Crippen molar-refractivity contribution in [3.05, 3.63) is 54.6 Å². The molecule has 1 aliphatic heterocycles. The predicted molar refractivity (Wildman–Crippen MR) is 108 cm³/mol. The molecular weight excluding hydrogens is 388 g/mol. The second-order valence-corrected chi connectivity index (χ2v) is 6.87. The molecule has 158 valence electrons. The Morgan fingerprint density at radius 2 is 1.93 bits per heavy atom. The zero-order chi connectivity index (χ0) is 20.8. The van der Waals surface area contributed by atoms with Crippen LogP contribution in [0.15, 0.2) is 49.1 Å². The number of ether oxygens (including phenoxy) is 5. The van der Waals surface area contributed by atoms with Crippen molar-refractivity contribution in [1.29, 1.82) is 0 Å². The molecule has 0 N–H and O–H groups in total. The van der Waals surface area contributed by atoms with Crippen LogP contribution in [0.25, 0.3) is 5.52 Å². The van der Waals surface area contributed by atoms with Crippen LogP contribution in [-0.2, 0) is 14.2 Å². The third-order valence-electron chi connectivity index (χ3n) is 4.84. The van der Waals surface area contributed by atoms with E-state index in [-0.39, 0.29) is 6.10 Å². The first-order valence-electron chi connectivity index (χ1n) is 9.87. The maximum atomic E-state index is 12.1. The van der Waals surface area contributed by atoms with Gasteiger partial charge in [0.25, 0.3) is 0 Å². The van der Waals surface area contributed by atoms with Gasteiger partial charge in [-0.15, -0.1) is 0 Å². The highest BCUT2D eigenvalue weighted by molar-refractivity contribution is 5.93. The van der Waals surface area contributed by atoms with Crippen LogP contribution in [0.4, 0.5) is 0 Å². The predicted octanol–water partition coefficient (Wildman–Crippen LogP) is 3.49. The molecule has 0 radical (unpaired) electrons. The Morgan fingerprint density at radius 3 is 2.70 bits per heavy atom. The molecule has 0 atom stereocenters. The Kier molecular flexibility index (Phi) is 6.46. The standard InChI is InChI=1S/C22H24N2O6/c1-26-22(25)20-12-16-13-23-15-24(16)14-21(20)30-19-4-2-17(3-5-19)28-10-11-29-18-6-8-27-9-7-18/h2-5,12-15,18H,6-11H2,1H3. The number of pyridine rings is 1. The van der Waals surface area contributed by atoms with Crippen molar-refractivity contribution in [2.75, 3.05) is 33.5 Å². The Hall–Kier alpha value is -3.10. The number of rotatable bonds is 8. The van der Waals surface area contributed by atoms with Crippen molar-refractivity contribution in [2.24, 2.45) is 0 Å². The van der Waals surface area contributed by atoms with Gasteiger partial charge in [0.1, 0.15) is 23.7 Å². The average molecular weight is 412 g/mol. The number of nitrogens with zero attached hydrogens (tertiary/aromatic N) is 2. The van der Waals surface area contributed by atoms with Crippen LogP contribution in [0, 0.1) is 0 Å². The summed E-state index contributed by atoms with van der Waals surface area (Å²) >= 11 is 0. The third kappa shape index (κ3) is 4.90. The number of aromatic nitrogens is 2. The molecule has 0 amide bonds. The second-order valence-electron chi connectivity index (χ2n) is 6.87. The summed E-state index contributed by atoms with van der Waals surface area (Å²) in [5.41, 5.74) is 1.10. The van der Waals surface area contributed by atoms with E-state index in [0.29, 0.717) is 30.3 Å². The molecule has 3 heterocycles.